The molecule has 1 aromatic heterocycles. The van der Waals surface area contributed by atoms with Crippen LogP contribution in [-0.2, 0) is 4.79 Å². The summed E-state index contributed by atoms with van der Waals surface area (Å²) in [6.07, 6.45) is 4.74. The zero-order valence-corrected chi connectivity index (χ0v) is 20.5. The third kappa shape index (κ3) is 4.14. The van der Waals surface area contributed by atoms with Gasteiger partial charge in [0.1, 0.15) is 0 Å². The summed E-state index contributed by atoms with van der Waals surface area (Å²) in [5.41, 5.74) is 4.30. The Bertz CT molecular complexity index is 1200. The van der Waals surface area contributed by atoms with E-state index in [0.29, 0.717) is 11.5 Å². The van der Waals surface area contributed by atoms with Crippen molar-refractivity contribution in [2.24, 2.45) is 11.8 Å². The fraction of sp³-hybridized carbons (Fsp3) is 0.379. The first-order valence-electron chi connectivity index (χ1n) is 12.7. The number of carbonyl (C=O) groups excluding carboxylic acids is 2. The molecule has 3 aliphatic rings. The molecule has 1 saturated heterocycles. The molecule has 3 aromatic rings. The average Bonchev–Trinajstić information content (AvgIpc) is 3.60. The van der Waals surface area contributed by atoms with Gasteiger partial charge in [0, 0.05) is 29.8 Å². The number of fused-ring (bicyclic) bond motifs is 3. The summed E-state index contributed by atoms with van der Waals surface area (Å²) >= 11 is 1.72. The number of hydrogen-bond donors (Lipinski definition) is 2. The van der Waals surface area contributed by atoms with Gasteiger partial charge in [-0.05, 0) is 65.4 Å². The Morgan fingerprint density at radius 2 is 1.74 bits per heavy atom. The maximum atomic E-state index is 14.1. The van der Waals surface area contributed by atoms with Gasteiger partial charge in [-0.1, -0.05) is 49.2 Å². The van der Waals surface area contributed by atoms with Gasteiger partial charge in [0.05, 0.1) is 18.0 Å². The highest BCUT2D eigenvalue weighted by molar-refractivity contribution is 7.08. The lowest BCUT2D eigenvalue weighted by molar-refractivity contribution is -0.138. The number of benzene rings is 2. The van der Waals surface area contributed by atoms with Crippen LogP contribution in [0, 0.1) is 11.8 Å². The van der Waals surface area contributed by atoms with E-state index >= 15 is 0 Å². The number of para-hydroxylation sites is 1. The average molecular weight is 486 g/mol. The highest BCUT2D eigenvalue weighted by Gasteiger charge is 2.48. The number of likely N-dealkylation sites (tertiary alicyclic amines) is 1. The first kappa shape index (κ1) is 22.4. The van der Waals surface area contributed by atoms with Crippen molar-refractivity contribution in [2.75, 3.05) is 11.9 Å². The third-order valence-electron chi connectivity index (χ3n) is 8.08. The van der Waals surface area contributed by atoms with Gasteiger partial charge in [0.25, 0.3) is 5.91 Å². The highest BCUT2D eigenvalue weighted by atomic mass is 32.1. The van der Waals surface area contributed by atoms with Crippen molar-refractivity contribution in [2.45, 2.75) is 50.2 Å². The molecule has 6 heteroatoms. The first-order valence-corrected chi connectivity index (χ1v) is 13.7. The lowest BCUT2D eigenvalue weighted by Gasteiger charge is -2.41. The van der Waals surface area contributed by atoms with Gasteiger partial charge < -0.3 is 15.5 Å². The van der Waals surface area contributed by atoms with Gasteiger partial charge in [-0.15, -0.1) is 0 Å². The van der Waals surface area contributed by atoms with E-state index in [0.717, 1.165) is 44.3 Å². The predicted molar refractivity (Wildman–Crippen MR) is 139 cm³/mol. The van der Waals surface area contributed by atoms with Crippen LogP contribution in [0.1, 0.15) is 65.7 Å². The smallest absolute Gasteiger partial charge is 0.251 e. The molecule has 5 nitrogen and oxygen atoms in total. The summed E-state index contributed by atoms with van der Waals surface area (Å²) in [6.45, 7) is 0.765. The van der Waals surface area contributed by atoms with E-state index in [-0.39, 0.29) is 35.9 Å². The fourth-order valence-corrected chi connectivity index (χ4v) is 7.10. The monoisotopic (exact) mass is 485 g/mol. The van der Waals surface area contributed by atoms with Crippen LogP contribution in [0.15, 0.2) is 71.4 Å². The predicted octanol–water partition coefficient (Wildman–Crippen LogP) is 5.79. The van der Waals surface area contributed by atoms with Gasteiger partial charge in [0.2, 0.25) is 5.91 Å². The zero-order chi connectivity index (χ0) is 23.8. The summed E-state index contributed by atoms with van der Waals surface area (Å²) in [5, 5.41) is 11.3. The number of nitrogens with one attached hydrogen (secondary N) is 2. The van der Waals surface area contributed by atoms with Crippen molar-refractivity contribution < 1.29 is 9.59 Å². The maximum Gasteiger partial charge on any atom is 0.251 e. The number of amides is 2. The molecule has 2 aromatic carbocycles. The topological polar surface area (TPSA) is 61.4 Å². The molecule has 5 atom stereocenters. The number of thiophene rings is 1. The second kappa shape index (κ2) is 9.50. The largest absolute Gasteiger partial charge is 0.378 e. The fourth-order valence-electron chi connectivity index (χ4n) is 6.41. The Labute approximate surface area is 210 Å². The van der Waals surface area contributed by atoms with E-state index in [1.54, 1.807) is 11.3 Å². The molecule has 2 fully saturated rings. The molecule has 0 unspecified atom stereocenters. The summed E-state index contributed by atoms with van der Waals surface area (Å²) in [6, 6.07) is 20.1. The Balaban J connectivity index is 1.27. The van der Waals surface area contributed by atoms with Crippen LogP contribution in [0.3, 0.4) is 0 Å². The van der Waals surface area contributed by atoms with E-state index in [4.69, 9.17) is 0 Å². The van der Waals surface area contributed by atoms with Crippen LogP contribution in [0.5, 0.6) is 0 Å². The second-order valence-electron chi connectivity index (χ2n) is 10.0. The van der Waals surface area contributed by atoms with Crippen LogP contribution in [-0.4, -0.2) is 29.3 Å². The minimum atomic E-state index is -0.170. The van der Waals surface area contributed by atoms with Crippen molar-refractivity contribution in [3.05, 3.63) is 88.1 Å². The molecule has 3 heterocycles. The Morgan fingerprint density at radius 3 is 2.57 bits per heavy atom. The lowest BCUT2D eigenvalue weighted by Crippen LogP contribution is -2.50. The summed E-state index contributed by atoms with van der Waals surface area (Å²) < 4.78 is 0. The SMILES string of the molecule is O=C(N[C@@H]1CCCC[C@@H]1C(=O)N1CC[C@H]2[C@@H](c3ccsc3)Nc3ccccc3[C@@H]21)c1ccccc1. The number of anilines is 1. The molecule has 0 radical (unpaired) electrons. The van der Waals surface area contributed by atoms with Crippen molar-refractivity contribution >= 4 is 28.8 Å². The molecule has 6 rings (SSSR count). The van der Waals surface area contributed by atoms with Crippen LogP contribution in [0.25, 0.3) is 0 Å². The molecular weight excluding hydrogens is 454 g/mol. The van der Waals surface area contributed by atoms with Crippen LogP contribution in [0.2, 0.25) is 0 Å². The number of hydrogen-bond acceptors (Lipinski definition) is 4. The highest BCUT2D eigenvalue weighted by Crippen LogP contribution is 2.52. The Morgan fingerprint density at radius 1 is 0.943 bits per heavy atom. The molecule has 35 heavy (non-hydrogen) atoms. The normalized spacial score (nSPS) is 27.4. The lowest BCUT2D eigenvalue weighted by atomic mass is 9.79. The second-order valence-corrected chi connectivity index (χ2v) is 10.8. The van der Waals surface area contributed by atoms with Gasteiger partial charge in [0.15, 0.2) is 0 Å². The minimum Gasteiger partial charge on any atom is -0.378 e. The number of nitrogens with zero attached hydrogens (tertiary/aromatic N) is 1. The van der Waals surface area contributed by atoms with E-state index < -0.39 is 0 Å². The standard InChI is InChI=1S/C29H31N3O2S/c33-28(19-8-2-1-3-9-19)31-25-13-7-5-11-22(25)29(34)32-16-14-23-26(20-15-17-35-18-20)30-24-12-6-4-10-21(24)27(23)32/h1-4,6,8-10,12,15,17-18,22-23,25-27,30H,5,7,11,13-14,16H2,(H,31,33)/t22-,23-,25+,26+,27-/m0/s1. The summed E-state index contributed by atoms with van der Waals surface area (Å²) in [4.78, 5) is 29.2. The van der Waals surface area contributed by atoms with E-state index in [1.165, 1.54) is 11.1 Å². The molecular formula is C29H31N3O2S. The van der Waals surface area contributed by atoms with Crippen molar-refractivity contribution in [1.29, 1.82) is 0 Å². The van der Waals surface area contributed by atoms with E-state index in [2.05, 4.69) is 56.6 Å². The van der Waals surface area contributed by atoms with Crippen molar-refractivity contribution in [3.8, 4) is 0 Å². The molecule has 2 N–H and O–H groups in total. The molecule has 2 amide bonds. The number of rotatable bonds is 4. The van der Waals surface area contributed by atoms with Gasteiger partial charge >= 0.3 is 0 Å². The summed E-state index contributed by atoms with van der Waals surface area (Å²) in [5.74, 6) is 0.289. The number of carbonyl (C=O) groups is 2. The van der Waals surface area contributed by atoms with Gasteiger partial charge in [-0.3, -0.25) is 9.59 Å². The quantitative estimate of drug-likeness (QED) is 0.491. The van der Waals surface area contributed by atoms with E-state index in [1.807, 2.05) is 30.3 Å². The molecule has 2 aliphatic heterocycles. The summed E-state index contributed by atoms with van der Waals surface area (Å²) in [7, 11) is 0. The van der Waals surface area contributed by atoms with Crippen LogP contribution >= 0.6 is 11.3 Å². The Hall–Kier alpha value is -3.12. The van der Waals surface area contributed by atoms with Crippen molar-refractivity contribution in [1.82, 2.24) is 10.2 Å². The van der Waals surface area contributed by atoms with Gasteiger partial charge in [-0.25, -0.2) is 0 Å². The maximum absolute atomic E-state index is 14.1. The molecule has 0 bridgehead atoms. The third-order valence-corrected chi connectivity index (χ3v) is 8.79. The molecule has 1 aliphatic carbocycles. The molecule has 180 valence electrons. The van der Waals surface area contributed by atoms with Crippen LogP contribution in [0.4, 0.5) is 5.69 Å². The Kier molecular flexibility index (Phi) is 6.06. The first-order chi connectivity index (χ1) is 17.2. The zero-order valence-electron chi connectivity index (χ0n) is 19.7. The molecule has 0 spiro atoms. The molecule has 1 saturated carbocycles. The minimum absolute atomic E-state index is 0.0669. The van der Waals surface area contributed by atoms with Crippen LogP contribution < -0.4 is 10.6 Å². The van der Waals surface area contributed by atoms with Gasteiger partial charge in [-0.2, -0.15) is 11.3 Å². The van der Waals surface area contributed by atoms with Crippen molar-refractivity contribution in [3.63, 3.8) is 0 Å². The van der Waals surface area contributed by atoms with E-state index in [9.17, 15) is 9.59 Å².